The third-order valence-electron chi connectivity index (χ3n) is 2.36. The molecule has 0 bridgehead atoms. The van der Waals surface area contributed by atoms with Crippen molar-refractivity contribution in [3.05, 3.63) is 11.6 Å². The highest BCUT2D eigenvalue weighted by atomic mass is 16.4. The third kappa shape index (κ3) is 6.67. The minimum atomic E-state index is -1.15. The van der Waals surface area contributed by atoms with Gasteiger partial charge in [-0.3, -0.25) is 9.59 Å². The van der Waals surface area contributed by atoms with E-state index < -0.39 is 23.9 Å². The smallest absolute Gasteiger partial charge is 0.326 e. The van der Waals surface area contributed by atoms with Gasteiger partial charge in [-0.2, -0.15) is 0 Å². The Bertz CT molecular complexity index is 348. The molecular weight excluding hydrogens is 238 g/mol. The number of aliphatic carboxylic acids is 2. The molecule has 0 aliphatic carbocycles. The second-order valence-corrected chi connectivity index (χ2v) is 3.95. The zero-order chi connectivity index (χ0) is 14.1. The lowest BCUT2D eigenvalue weighted by atomic mass is 10.1. The van der Waals surface area contributed by atoms with Crippen molar-refractivity contribution in [2.24, 2.45) is 0 Å². The molecule has 0 saturated carbocycles. The van der Waals surface area contributed by atoms with E-state index in [1.807, 2.05) is 6.92 Å². The summed E-state index contributed by atoms with van der Waals surface area (Å²) in [7, 11) is 0. The fourth-order valence-electron chi connectivity index (χ4n) is 1.39. The minimum Gasteiger partial charge on any atom is -0.481 e. The van der Waals surface area contributed by atoms with Crippen molar-refractivity contribution in [1.29, 1.82) is 0 Å². The molecule has 0 unspecified atom stereocenters. The summed E-state index contributed by atoms with van der Waals surface area (Å²) in [5.74, 6) is -2.56. The average Bonchev–Trinajstić information content (AvgIpc) is 2.27. The summed E-state index contributed by atoms with van der Waals surface area (Å²) >= 11 is 0. The van der Waals surface area contributed by atoms with Crippen LogP contribution in [0.25, 0.3) is 0 Å². The van der Waals surface area contributed by atoms with Crippen LogP contribution >= 0.6 is 0 Å². The van der Waals surface area contributed by atoms with Gasteiger partial charge < -0.3 is 15.5 Å². The van der Waals surface area contributed by atoms with Gasteiger partial charge in [0.25, 0.3) is 0 Å². The Hall–Kier alpha value is -1.85. The predicted molar refractivity (Wildman–Crippen MR) is 65.1 cm³/mol. The van der Waals surface area contributed by atoms with Crippen molar-refractivity contribution in [2.45, 2.75) is 45.6 Å². The molecule has 0 aliphatic heterocycles. The summed E-state index contributed by atoms with van der Waals surface area (Å²) in [6, 6.07) is -1.04. The van der Waals surface area contributed by atoms with Gasteiger partial charge in [-0.15, -0.1) is 0 Å². The van der Waals surface area contributed by atoms with Gasteiger partial charge in [0.05, 0.1) is 0 Å². The zero-order valence-electron chi connectivity index (χ0n) is 10.6. The first kappa shape index (κ1) is 16.1. The van der Waals surface area contributed by atoms with E-state index in [0.717, 1.165) is 0 Å². The van der Waals surface area contributed by atoms with Crippen molar-refractivity contribution < 1.29 is 24.6 Å². The van der Waals surface area contributed by atoms with Crippen LogP contribution in [0.15, 0.2) is 11.6 Å². The highest BCUT2D eigenvalue weighted by Crippen LogP contribution is 2.04. The summed E-state index contributed by atoms with van der Waals surface area (Å²) in [5, 5.41) is 19.8. The lowest BCUT2D eigenvalue weighted by Gasteiger charge is -2.14. The summed E-state index contributed by atoms with van der Waals surface area (Å²) in [4.78, 5) is 32.8. The Morgan fingerprint density at radius 3 is 2.33 bits per heavy atom. The van der Waals surface area contributed by atoms with E-state index in [2.05, 4.69) is 5.32 Å². The molecule has 0 aliphatic rings. The standard InChI is InChI=1S/C12H19NO5/c1-3-5-8(2)11(16)13-9(12(17)18)6-4-7-10(14)15/h5,9H,3-4,6-7H2,1-2H3,(H,13,16)(H,14,15)(H,17,18)/b8-5-/t9-/m1/s1. The molecule has 0 saturated heterocycles. The molecule has 6 nitrogen and oxygen atoms in total. The number of allylic oxidation sites excluding steroid dienone is 1. The summed E-state index contributed by atoms with van der Waals surface area (Å²) in [5.41, 5.74) is 0.460. The van der Waals surface area contributed by atoms with Crippen molar-refractivity contribution >= 4 is 17.8 Å². The summed E-state index contributed by atoms with van der Waals surface area (Å²) in [6.45, 7) is 3.48. The molecule has 0 spiro atoms. The number of carboxylic acid groups (broad SMARTS) is 2. The fourth-order valence-corrected chi connectivity index (χ4v) is 1.39. The Labute approximate surface area is 106 Å². The highest BCUT2D eigenvalue weighted by molar-refractivity contribution is 5.95. The molecule has 1 atom stereocenters. The largest absolute Gasteiger partial charge is 0.481 e. The normalized spacial score (nSPS) is 12.9. The molecule has 3 N–H and O–H groups in total. The number of rotatable bonds is 8. The first-order chi connectivity index (χ1) is 8.38. The van der Waals surface area contributed by atoms with Crippen LogP contribution in [0.3, 0.4) is 0 Å². The van der Waals surface area contributed by atoms with E-state index in [1.165, 1.54) is 0 Å². The Balaban J connectivity index is 4.36. The number of carboxylic acids is 2. The Morgan fingerprint density at radius 1 is 1.28 bits per heavy atom. The molecule has 0 rings (SSSR count). The van der Waals surface area contributed by atoms with Crippen LogP contribution < -0.4 is 5.32 Å². The third-order valence-corrected chi connectivity index (χ3v) is 2.36. The van der Waals surface area contributed by atoms with Gasteiger partial charge in [0.15, 0.2) is 0 Å². The molecule has 0 radical (unpaired) electrons. The summed E-state index contributed by atoms with van der Waals surface area (Å²) < 4.78 is 0. The molecule has 18 heavy (non-hydrogen) atoms. The van der Waals surface area contributed by atoms with Crippen molar-refractivity contribution in [3.63, 3.8) is 0 Å². The van der Waals surface area contributed by atoms with E-state index in [1.54, 1.807) is 13.0 Å². The first-order valence-electron chi connectivity index (χ1n) is 5.80. The lowest BCUT2D eigenvalue weighted by molar-refractivity contribution is -0.142. The van der Waals surface area contributed by atoms with Gasteiger partial charge in [-0.1, -0.05) is 13.0 Å². The van der Waals surface area contributed by atoms with Crippen molar-refractivity contribution in [1.82, 2.24) is 5.32 Å². The number of hydrogen-bond acceptors (Lipinski definition) is 3. The Kier molecular flexibility index (Phi) is 7.42. The van der Waals surface area contributed by atoms with Crippen LogP contribution in [0.4, 0.5) is 0 Å². The van der Waals surface area contributed by atoms with Crippen LogP contribution in [0.1, 0.15) is 39.5 Å². The fraction of sp³-hybridized carbons (Fsp3) is 0.583. The second kappa shape index (κ2) is 8.27. The maximum Gasteiger partial charge on any atom is 0.326 e. The second-order valence-electron chi connectivity index (χ2n) is 3.95. The van der Waals surface area contributed by atoms with Crippen molar-refractivity contribution in [2.75, 3.05) is 0 Å². The molecule has 102 valence electrons. The molecule has 0 heterocycles. The maximum atomic E-state index is 11.6. The van der Waals surface area contributed by atoms with Gasteiger partial charge in [0.1, 0.15) is 6.04 Å². The number of nitrogens with one attached hydrogen (secondary N) is 1. The number of carbonyl (C=O) groups excluding carboxylic acids is 1. The SMILES string of the molecule is CC/C=C(/C)C(=O)N[C@H](CCCC(=O)O)C(=O)O. The number of carbonyl (C=O) groups is 3. The van der Waals surface area contributed by atoms with E-state index >= 15 is 0 Å². The number of hydrogen-bond donors (Lipinski definition) is 3. The molecule has 0 aromatic rings. The van der Waals surface area contributed by atoms with Gasteiger partial charge >= 0.3 is 11.9 Å². The molecule has 0 aromatic carbocycles. The predicted octanol–water partition coefficient (Wildman–Crippen LogP) is 1.17. The average molecular weight is 257 g/mol. The van der Waals surface area contributed by atoms with E-state index in [4.69, 9.17) is 10.2 Å². The van der Waals surface area contributed by atoms with Crippen molar-refractivity contribution in [3.8, 4) is 0 Å². The van der Waals surface area contributed by atoms with Crippen LogP contribution in [0.2, 0.25) is 0 Å². The van der Waals surface area contributed by atoms with Gasteiger partial charge in [-0.25, -0.2) is 4.79 Å². The minimum absolute atomic E-state index is 0.104. The van der Waals surface area contributed by atoms with Crippen LogP contribution in [-0.2, 0) is 14.4 Å². The Morgan fingerprint density at radius 2 is 1.89 bits per heavy atom. The first-order valence-corrected chi connectivity index (χ1v) is 5.80. The number of amides is 1. The topological polar surface area (TPSA) is 104 Å². The molecule has 6 heteroatoms. The molecular formula is C12H19NO5. The van der Waals surface area contributed by atoms with E-state index in [0.29, 0.717) is 12.0 Å². The van der Waals surface area contributed by atoms with E-state index in [9.17, 15) is 14.4 Å². The van der Waals surface area contributed by atoms with Crippen LogP contribution in [0.5, 0.6) is 0 Å². The van der Waals surface area contributed by atoms with Crippen LogP contribution in [0, 0.1) is 0 Å². The maximum absolute atomic E-state index is 11.6. The molecule has 1 amide bonds. The molecule has 0 aromatic heterocycles. The lowest BCUT2D eigenvalue weighted by Crippen LogP contribution is -2.41. The quantitative estimate of drug-likeness (QED) is 0.566. The van der Waals surface area contributed by atoms with Gasteiger partial charge in [-0.05, 0) is 26.2 Å². The highest BCUT2D eigenvalue weighted by Gasteiger charge is 2.20. The van der Waals surface area contributed by atoms with Gasteiger partial charge in [0, 0.05) is 12.0 Å². The van der Waals surface area contributed by atoms with E-state index in [-0.39, 0.29) is 19.3 Å². The van der Waals surface area contributed by atoms with Gasteiger partial charge in [0.2, 0.25) is 5.91 Å². The summed E-state index contributed by atoms with van der Waals surface area (Å²) in [6.07, 6.45) is 2.60. The van der Waals surface area contributed by atoms with Crippen LogP contribution in [-0.4, -0.2) is 34.1 Å². The molecule has 0 fully saturated rings. The monoisotopic (exact) mass is 257 g/mol. The zero-order valence-corrected chi connectivity index (χ0v) is 10.6.